The summed E-state index contributed by atoms with van der Waals surface area (Å²) in [4.78, 5) is 26.9. The summed E-state index contributed by atoms with van der Waals surface area (Å²) in [7, 11) is 1.47. The minimum Gasteiger partial charge on any atom is -0.480 e. The zero-order valence-corrected chi connectivity index (χ0v) is 12.7. The highest BCUT2D eigenvalue weighted by molar-refractivity contribution is 6.05. The number of pyridine rings is 1. The molecule has 1 aliphatic heterocycles. The first-order valence-corrected chi connectivity index (χ1v) is 7.23. The summed E-state index contributed by atoms with van der Waals surface area (Å²) < 4.78 is 10.4. The van der Waals surface area contributed by atoms with Crippen LogP contribution >= 0.6 is 0 Å². The van der Waals surface area contributed by atoms with E-state index in [-0.39, 0.29) is 11.8 Å². The molecule has 3 rings (SSSR count). The van der Waals surface area contributed by atoms with Crippen molar-refractivity contribution in [2.45, 2.75) is 0 Å². The molecule has 1 fully saturated rings. The maximum Gasteiger partial charge on any atom is 0.261 e. The van der Waals surface area contributed by atoms with Crippen molar-refractivity contribution in [3.8, 4) is 5.88 Å². The van der Waals surface area contributed by atoms with Gasteiger partial charge in [-0.25, -0.2) is 15.0 Å². The predicted octanol–water partition coefficient (Wildman–Crippen LogP) is 0.969. The van der Waals surface area contributed by atoms with Crippen molar-refractivity contribution < 1.29 is 14.3 Å². The third-order valence-corrected chi connectivity index (χ3v) is 3.40. The second-order valence-corrected chi connectivity index (χ2v) is 4.89. The molecule has 1 saturated heterocycles. The number of nitrogens with one attached hydrogen (secondary N) is 1. The molecule has 23 heavy (non-hydrogen) atoms. The van der Waals surface area contributed by atoms with Crippen LogP contribution in [0.15, 0.2) is 30.7 Å². The smallest absolute Gasteiger partial charge is 0.261 e. The van der Waals surface area contributed by atoms with Crippen molar-refractivity contribution in [1.29, 1.82) is 0 Å². The largest absolute Gasteiger partial charge is 0.480 e. The number of morpholine rings is 1. The lowest BCUT2D eigenvalue weighted by Crippen LogP contribution is -2.37. The number of nitrogens with zero attached hydrogens (tertiary/aromatic N) is 4. The van der Waals surface area contributed by atoms with Gasteiger partial charge in [-0.3, -0.25) is 4.79 Å². The number of methoxy groups -OCH3 is 1. The van der Waals surface area contributed by atoms with Gasteiger partial charge in [0, 0.05) is 19.3 Å². The van der Waals surface area contributed by atoms with Crippen LogP contribution < -0.4 is 15.0 Å². The lowest BCUT2D eigenvalue weighted by Gasteiger charge is -2.26. The summed E-state index contributed by atoms with van der Waals surface area (Å²) in [5.41, 5.74) is 0.866. The Hall–Kier alpha value is -2.74. The van der Waals surface area contributed by atoms with Gasteiger partial charge in [-0.2, -0.15) is 0 Å². The molecule has 0 aromatic carbocycles. The lowest BCUT2D eigenvalue weighted by atomic mass is 10.2. The van der Waals surface area contributed by atoms with Crippen LogP contribution in [0.3, 0.4) is 0 Å². The van der Waals surface area contributed by atoms with Gasteiger partial charge in [0.15, 0.2) is 0 Å². The summed E-state index contributed by atoms with van der Waals surface area (Å²) in [6.07, 6.45) is 4.73. The van der Waals surface area contributed by atoms with Gasteiger partial charge < -0.3 is 19.7 Å². The lowest BCUT2D eigenvalue weighted by molar-refractivity contribution is 0.102. The third kappa shape index (κ3) is 3.54. The SMILES string of the molecule is COc1ncccc1C(=O)Nc1cnc(N2CCOCC2)nc1. The Morgan fingerprint density at radius 2 is 2.00 bits per heavy atom. The van der Waals surface area contributed by atoms with E-state index in [0.29, 0.717) is 30.4 Å². The minimum absolute atomic E-state index is 0.274. The van der Waals surface area contributed by atoms with Gasteiger partial charge >= 0.3 is 0 Å². The number of hydrogen-bond acceptors (Lipinski definition) is 7. The van der Waals surface area contributed by atoms with Crippen molar-refractivity contribution in [3.05, 3.63) is 36.3 Å². The van der Waals surface area contributed by atoms with Crippen molar-refractivity contribution in [2.24, 2.45) is 0 Å². The van der Waals surface area contributed by atoms with E-state index in [9.17, 15) is 4.79 Å². The van der Waals surface area contributed by atoms with E-state index >= 15 is 0 Å². The molecule has 0 radical (unpaired) electrons. The summed E-state index contributed by atoms with van der Waals surface area (Å²) in [6, 6.07) is 3.32. The Morgan fingerprint density at radius 1 is 1.26 bits per heavy atom. The summed E-state index contributed by atoms with van der Waals surface area (Å²) in [6.45, 7) is 2.86. The van der Waals surface area contributed by atoms with Crippen LogP contribution in [0, 0.1) is 0 Å². The molecule has 3 heterocycles. The van der Waals surface area contributed by atoms with E-state index in [0.717, 1.165) is 13.1 Å². The first-order valence-electron chi connectivity index (χ1n) is 7.23. The number of aromatic nitrogens is 3. The average Bonchev–Trinajstić information content (AvgIpc) is 2.63. The number of carbonyl (C=O) groups is 1. The van der Waals surface area contributed by atoms with E-state index in [2.05, 4.69) is 20.3 Å². The molecule has 120 valence electrons. The van der Waals surface area contributed by atoms with Crippen LogP contribution in [0.2, 0.25) is 0 Å². The molecule has 2 aromatic heterocycles. The van der Waals surface area contributed by atoms with Crippen LogP contribution in [0.1, 0.15) is 10.4 Å². The Morgan fingerprint density at radius 3 is 2.70 bits per heavy atom. The fourth-order valence-electron chi connectivity index (χ4n) is 2.24. The van der Waals surface area contributed by atoms with Crippen LogP contribution in [0.25, 0.3) is 0 Å². The molecular weight excluding hydrogens is 298 g/mol. The molecule has 0 saturated carbocycles. The standard InChI is InChI=1S/C15H17N5O3/c1-22-14-12(3-2-4-16-14)13(21)19-11-9-17-15(18-10-11)20-5-7-23-8-6-20/h2-4,9-10H,5-8H2,1H3,(H,19,21). The molecule has 0 atom stereocenters. The first kappa shape index (κ1) is 15.2. The predicted molar refractivity (Wildman–Crippen MR) is 83.8 cm³/mol. The molecule has 0 aliphatic carbocycles. The van der Waals surface area contributed by atoms with Crippen molar-refractivity contribution in [3.63, 3.8) is 0 Å². The maximum absolute atomic E-state index is 12.3. The van der Waals surface area contributed by atoms with Gasteiger partial charge in [0.05, 0.1) is 38.4 Å². The second-order valence-electron chi connectivity index (χ2n) is 4.89. The van der Waals surface area contributed by atoms with E-state index in [1.54, 1.807) is 30.7 Å². The van der Waals surface area contributed by atoms with Gasteiger partial charge in [-0.05, 0) is 12.1 Å². The number of ether oxygens (including phenoxy) is 2. The van der Waals surface area contributed by atoms with E-state index in [4.69, 9.17) is 9.47 Å². The molecule has 8 heteroatoms. The molecule has 0 spiro atoms. The fourth-order valence-corrected chi connectivity index (χ4v) is 2.24. The number of hydrogen-bond donors (Lipinski definition) is 1. The molecular formula is C15H17N5O3. The molecule has 1 N–H and O–H groups in total. The van der Waals surface area contributed by atoms with Crippen LogP contribution in [0.4, 0.5) is 11.6 Å². The average molecular weight is 315 g/mol. The number of rotatable bonds is 4. The van der Waals surface area contributed by atoms with E-state index < -0.39 is 0 Å². The van der Waals surface area contributed by atoms with Gasteiger partial charge in [-0.1, -0.05) is 0 Å². The van der Waals surface area contributed by atoms with Crippen molar-refractivity contribution in [1.82, 2.24) is 15.0 Å². The Balaban J connectivity index is 1.69. The fraction of sp³-hybridized carbons (Fsp3) is 0.333. The molecule has 2 aromatic rings. The maximum atomic E-state index is 12.3. The van der Waals surface area contributed by atoms with Gasteiger partial charge in [-0.15, -0.1) is 0 Å². The summed E-state index contributed by atoms with van der Waals surface area (Å²) in [5.74, 6) is 0.582. The highest BCUT2D eigenvalue weighted by Crippen LogP contribution is 2.17. The zero-order valence-electron chi connectivity index (χ0n) is 12.7. The highest BCUT2D eigenvalue weighted by atomic mass is 16.5. The molecule has 1 aliphatic rings. The monoisotopic (exact) mass is 315 g/mol. The molecule has 0 bridgehead atoms. The molecule has 1 amide bonds. The Kier molecular flexibility index (Phi) is 4.62. The second kappa shape index (κ2) is 7.01. The number of carbonyl (C=O) groups excluding carboxylic acids is 1. The molecule has 8 nitrogen and oxygen atoms in total. The van der Waals surface area contributed by atoms with Crippen LogP contribution in [-0.2, 0) is 4.74 Å². The highest BCUT2D eigenvalue weighted by Gasteiger charge is 2.15. The van der Waals surface area contributed by atoms with Gasteiger partial charge in [0.25, 0.3) is 5.91 Å². The topological polar surface area (TPSA) is 89.5 Å². The summed E-state index contributed by atoms with van der Waals surface area (Å²) in [5, 5.41) is 2.74. The molecule has 0 unspecified atom stereocenters. The van der Waals surface area contributed by atoms with E-state index in [1.165, 1.54) is 7.11 Å². The Bertz CT molecular complexity index is 671. The van der Waals surface area contributed by atoms with Crippen LogP contribution in [-0.4, -0.2) is 54.3 Å². The van der Waals surface area contributed by atoms with Crippen molar-refractivity contribution >= 4 is 17.5 Å². The first-order chi connectivity index (χ1) is 11.3. The summed E-state index contributed by atoms with van der Waals surface area (Å²) >= 11 is 0. The van der Waals surface area contributed by atoms with Crippen LogP contribution in [0.5, 0.6) is 5.88 Å². The van der Waals surface area contributed by atoms with Gasteiger partial charge in [0.1, 0.15) is 5.56 Å². The van der Waals surface area contributed by atoms with Crippen molar-refractivity contribution in [2.75, 3.05) is 43.6 Å². The van der Waals surface area contributed by atoms with E-state index in [1.807, 2.05) is 4.90 Å². The zero-order chi connectivity index (χ0) is 16.1. The number of amides is 1. The number of anilines is 2. The Labute approximate surface area is 133 Å². The van der Waals surface area contributed by atoms with Gasteiger partial charge in [0.2, 0.25) is 11.8 Å². The third-order valence-electron chi connectivity index (χ3n) is 3.40. The normalized spacial score (nSPS) is 14.4. The minimum atomic E-state index is -0.322. The quantitative estimate of drug-likeness (QED) is 0.899.